The molecule has 0 bridgehead atoms. The van der Waals surface area contributed by atoms with Gasteiger partial charge in [-0.25, -0.2) is 9.59 Å². The highest BCUT2D eigenvalue weighted by Gasteiger charge is 2.15. The van der Waals surface area contributed by atoms with Gasteiger partial charge in [-0.3, -0.25) is 9.78 Å². The van der Waals surface area contributed by atoms with Crippen molar-refractivity contribution in [2.24, 2.45) is 0 Å². The van der Waals surface area contributed by atoms with E-state index in [4.69, 9.17) is 0 Å². The van der Waals surface area contributed by atoms with Crippen LogP contribution >= 0.6 is 0 Å². The quantitative estimate of drug-likeness (QED) is 0.279. The first-order chi connectivity index (χ1) is 16.6. The molecule has 4 N–H and O–H groups in total. The Bertz CT molecular complexity index is 1810. The summed E-state index contributed by atoms with van der Waals surface area (Å²) in [6, 6.07) is 11.8. The van der Waals surface area contributed by atoms with Gasteiger partial charge in [-0.15, -0.1) is 0 Å². The van der Waals surface area contributed by atoms with Gasteiger partial charge in [-0.1, -0.05) is 39.8 Å². The lowest BCUT2D eigenvalue weighted by Gasteiger charge is -2.17. The summed E-state index contributed by atoms with van der Waals surface area (Å²) in [7, 11) is 0. The number of rotatable bonds is 4. The Kier molecular flexibility index (Phi) is 5.31. The molecule has 0 amide bonds. The van der Waals surface area contributed by atoms with Gasteiger partial charge in [0, 0.05) is 16.5 Å². The van der Waals surface area contributed by atoms with E-state index in [9.17, 15) is 14.4 Å². The van der Waals surface area contributed by atoms with E-state index in [1.165, 1.54) is 0 Å². The molecule has 0 atom stereocenters. The van der Waals surface area contributed by atoms with Gasteiger partial charge in [-0.2, -0.15) is 4.98 Å². The molecule has 5 aromatic rings. The third kappa shape index (κ3) is 4.01. The standard InChI is InChI=1S/C27H27N5O3/c1-12(2)15-6-14(5)23-20(8-15)24(31-27(35)30-23)28-21-10-16(13(3)4)7-17-9-19-22(11-18(17)21)29-26(34)32-25(19)33/h6-13H,1-5H3,(H2,28,30,31,35)(H2,29,32,33,34). The van der Waals surface area contributed by atoms with Crippen LogP contribution in [-0.2, 0) is 0 Å². The summed E-state index contributed by atoms with van der Waals surface area (Å²) in [5.74, 6) is 0.989. The number of nitrogens with zero attached hydrogens (tertiary/aromatic N) is 1. The lowest BCUT2D eigenvalue weighted by atomic mass is 9.96. The summed E-state index contributed by atoms with van der Waals surface area (Å²) >= 11 is 0. The molecule has 0 unspecified atom stereocenters. The molecule has 0 aliphatic carbocycles. The monoisotopic (exact) mass is 469 g/mol. The van der Waals surface area contributed by atoms with Gasteiger partial charge >= 0.3 is 11.4 Å². The van der Waals surface area contributed by atoms with E-state index >= 15 is 0 Å². The number of H-pyrrole nitrogens is 3. The van der Waals surface area contributed by atoms with Crippen molar-refractivity contribution < 1.29 is 0 Å². The third-order valence-electron chi connectivity index (χ3n) is 6.48. The highest BCUT2D eigenvalue weighted by Crippen LogP contribution is 2.34. The van der Waals surface area contributed by atoms with Crippen LogP contribution in [0, 0.1) is 6.92 Å². The van der Waals surface area contributed by atoms with Crippen LogP contribution < -0.4 is 22.3 Å². The highest BCUT2D eigenvalue weighted by molar-refractivity contribution is 6.05. The zero-order valence-corrected chi connectivity index (χ0v) is 20.3. The van der Waals surface area contributed by atoms with Crippen LogP contribution in [0.5, 0.6) is 0 Å². The van der Waals surface area contributed by atoms with Crippen molar-refractivity contribution in [2.45, 2.75) is 46.5 Å². The summed E-state index contributed by atoms with van der Waals surface area (Å²) in [4.78, 5) is 48.9. The van der Waals surface area contributed by atoms with Crippen molar-refractivity contribution in [3.05, 3.63) is 84.4 Å². The molecule has 5 rings (SSSR count). The van der Waals surface area contributed by atoms with Crippen LogP contribution in [0.3, 0.4) is 0 Å². The molecular formula is C27H27N5O3. The topological polar surface area (TPSA) is 124 Å². The van der Waals surface area contributed by atoms with Crippen LogP contribution in [-0.4, -0.2) is 19.9 Å². The predicted octanol–water partition coefficient (Wildman–Crippen LogP) is 4.90. The number of aromatic nitrogens is 4. The summed E-state index contributed by atoms with van der Waals surface area (Å²) in [5, 5.41) is 6.27. The van der Waals surface area contributed by atoms with E-state index in [2.05, 4.69) is 65.1 Å². The van der Waals surface area contributed by atoms with Crippen molar-refractivity contribution in [1.29, 1.82) is 0 Å². The Morgan fingerprint density at radius 1 is 0.771 bits per heavy atom. The maximum atomic E-state index is 12.5. The Hall–Kier alpha value is -4.20. The van der Waals surface area contributed by atoms with Crippen LogP contribution in [0.15, 0.2) is 50.8 Å². The van der Waals surface area contributed by atoms with Crippen molar-refractivity contribution in [3.63, 3.8) is 0 Å². The largest absolute Gasteiger partial charge is 0.347 e. The number of hydrogen-bond acceptors (Lipinski definition) is 5. The Labute approximate surface area is 200 Å². The van der Waals surface area contributed by atoms with Crippen molar-refractivity contribution in [3.8, 4) is 0 Å². The smallest absolute Gasteiger partial charge is 0.339 e. The molecule has 0 saturated heterocycles. The molecule has 0 saturated carbocycles. The summed E-state index contributed by atoms with van der Waals surface area (Å²) in [6.45, 7) is 10.4. The van der Waals surface area contributed by atoms with Crippen molar-refractivity contribution in [1.82, 2.24) is 19.9 Å². The molecule has 178 valence electrons. The number of aryl methyl sites for hydroxylation is 1. The Morgan fingerprint density at radius 3 is 2.20 bits per heavy atom. The van der Waals surface area contributed by atoms with Crippen molar-refractivity contribution in [2.75, 3.05) is 5.32 Å². The summed E-state index contributed by atoms with van der Waals surface area (Å²) in [6.07, 6.45) is 0. The van der Waals surface area contributed by atoms with E-state index in [0.717, 1.165) is 44.1 Å². The number of benzene rings is 3. The second-order valence-electron chi connectivity index (χ2n) is 9.68. The maximum absolute atomic E-state index is 12.5. The lowest BCUT2D eigenvalue weighted by molar-refractivity contribution is 0.866. The van der Waals surface area contributed by atoms with Gasteiger partial charge in [0.1, 0.15) is 5.82 Å². The molecule has 35 heavy (non-hydrogen) atoms. The fourth-order valence-electron chi connectivity index (χ4n) is 4.51. The molecule has 8 nitrogen and oxygen atoms in total. The second-order valence-corrected chi connectivity index (χ2v) is 9.68. The zero-order valence-electron chi connectivity index (χ0n) is 20.3. The van der Waals surface area contributed by atoms with Crippen molar-refractivity contribution >= 4 is 44.1 Å². The number of hydrogen-bond donors (Lipinski definition) is 4. The average Bonchev–Trinajstić information content (AvgIpc) is 2.78. The third-order valence-corrected chi connectivity index (χ3v) is 6.48. The van der Waals surface area contributed by atoms with Gasteiger partial charge < -0.3 is 15.3 Å². The fourth-order valence-corrected chi connectivity index (χ4v) is 4.51. The van der Waals surface area contributed by atoms with Crippen LogP contribution in [0.25, 0.3) is 32.6 Å². The molecule has 8 heteroatoms. The SMILES string of the molecule is Cc1cc(C(C)C)cc2c(Nc3cc(C(C)C)cc4cc5c(=O)[nH]c(=O)[nH]c5cc34)nc(=O)[nH]c12. The minimum Gasteiger partial charge on any atom is -0.339 e. The van der Waals surface area contributed by atoms with E-state index < -0.39 is 16.9 Å². The van der Waals surface area contributed by atoms with Gasteiger partial charge in [-0.05, 0) is 65.1 Å². The average molecular weight is 470 g/mol. The number of anilines is 2. The second kappa shape index (κ2) is 8.23. The number of nitrogens with one attached hydrogen (secondary N) is 4. The van der Waals surface area contributed by atoms with Gasteiger partial charge in [0.2, 0.25) is 0 Å². The molecule has 0 radical (unpaired) electrons. The normalized spacial score (nSPS) is 11.9. The molecule has 3 aromatic carbocycles. The van der Waals surface area contributed by atoms with Gasteiger partial charge in [0.05, 0.1) is 16.4 Å². The fraction of sp³-hybridized carbons (Fsp3) is 0.259. The van der Waals surface area contributed by atoms with Gasteiger partial charge in [0.15, 0.2) is 0 Å². The lowest BCUT2D eigenvalue weighted by Crippen LogP contribution is -2.21. The molecule has 0 fully saturated rings. The Morgan fingerprint density at radius 2 is 1.49 bits per heavy atom. The first-order valence-electron chi connectivity index (χ1n) is 11.7. The molecule has 2 heterocycles. The van der Waals surface area contributed by atoms with Crippen LogP contribution in [0.4, 0.5) is 11.5 Å². The number of fused-ring (bicyclic) bond motifs is 3. The summed E-state index contributed by atoms with van der Waals surface area (Å²) < 4.78 is 0. The first kappa shape index (κ1) is 22.6. The zero-order chi connectivity index (χ0) is 25.0. The van der Waals surface area contributed by atoms with Crippen LogP contribution in [0.2, 0.25) is 0 Å². The maximum Gasteiger partial charge on any atom is 0.347 e. The molecular weight excluding hydrogens is 442 g/mol. The van der Waals surface area contributed by atoms with E-state index in [0.29, 0.717) is 22.6 Å². The summed E-state index contributed by atoms with van der Waals surface area (Å²) in [5.41, 5.74) is 3.66. The van der Waals surface area contributed by atoms with Crippen LogP contribution in [0.1, 0.15) is 56.2 Å². The minimum atomic E-state index is -0.561. The molecule has 0 aliphatic rings. The Balaban J connectivity index is 1.81. The van der Waals surface area contributed by atoms with E-state index in [-0.39, 0.29) is 5.92 Å². The molecule has 0 spiro atoms. The molecule has 0 aliphatic heterocycles. The highest BCUT2D eigenvalue weighted by atomic mass is 16.2. The predicted molar refractivity (Wildman–Crippen MR) is 141 cm³/mol. The van der Waals surface area contributed by atoms with Gasteiger partial charge in [0.25, 0.3) is 5.56 Å². The number of aromatic amines is 3. The van der Waals surface area contributed by atoms with E-state index in [1.54, 1.807) is 12.1 Å². The molecule has 2 aromatic heterocycles. The minimum absolute atomic E-state index is 0.225. The van der Waals surface area contributed by atoms with E-state index in [1.807, 2.05) is 19.1 Å². The first-order valence-corrected chi connectivity index (χ1v) is 11.7.